The highest BCUT2D eigenvalue weighted by Crippen LogP contribution is 2.22. The van der Waals surface area contributed by atoms with Crippen LogP contribution < -0.4 is 10.1 Å². The molecule has 136 valence electrons. The lowest BCUT2D eigenvalue weighted by atomic mass is 10.0. The normalized spacial score (nSPS) is 12.2. The molecule has 3 aromatic rings. The van der Waals surface area contributed by atoms with Gasteiger partial charge in [0.15, 0.2) is 12.4 Å². The van der Waals surface area contributed by atoms with Crippen molar-refractivity contribution in [2.75, 3.05) is 6.61 Å². The van der Waals surface area contributed by atoms with Gasteiger partial charge >= 0.3 is 0 Å². The molecule has 2 N–H and O–H groups in total. The topological polar surface area (TPSA) is 119 Å². The maximum atomic E-state index is 12.2. The lowest BCUT2D eigenvalue weighted by Gasteiger charge is -2.18. The number of aromatic amines is 1. The predicted molar refractivity (Wildman–Crippen MR) is 95.0 cm³/mol. The molecule has 0 saturated carbocycles. The van der Waals surface area contributed by atoms with Gasteiger partial charge in [-0.15, -0.1) is 0 Å². The van der Waals surface area contributed by atoms with E-state index in [-0.39, 0.29) is 24.3 Å². The number of amides is 1. The van der Waals surface area contributed by atoms with Crippen molar-refractivity contribution in [3.8, 4) is 17.4 Å². The number of nitrogens with zero attached hydrogens (tertiary/aromatic N) is 4. The summed E-state index contributed by atoms with van der Waals surface area (Å²) in [4.78, 5) is 20.5. The summed E-state index contributed by atoms with van der Waals surface area (Å²) in [5.41, 5.74) is 0. The standard InChI is InChI=1S/C16H17BrN6O3/c1-9(2)13(16-21-15(23-26-16)14-18-8-19-22-14)20-12(24)7-25-11-5-3-10(17)4-6-11/h3-6,8-9,13H,7H2,1-2H3,(H,20,24)(H,18,19,22)/t13-/m0/s1. The molecule has 9 nitrogen and oxygen atoms in total. The van der Waals surface area contributed by atoms with E-state index in [1.165, 1.54) is 6.33 Å². The van der Waals surface area contributed by atoms with Crippen molar-refractivity contribution in [1.29, 1.82) is 0 Å². The minimum atomic E-state index is -0.444. The Kier molecular flexibility index (Phi) is 5.61. The van der Waals surface area contributed by atoms with Crippen molar-refractivity contribution in [3.63, 3.8) is 0 Å². The van der Waals surface area contributed by atoms with Gasteiger partial charge in [-0.3, -0.25) is 9.89 Å². The molecular weight excluding hydrogens is 404 g/mol. The summed E-state index contributed by atoms with van der Waals surface area (Å²) >= 11 is 3.35. The maximum Gasteiger partial charge on any atom is 0.258 e. The van der Waals surface area contributed by atoms with Gasteiger partial charge in [-0.1, -0.05) is 34.9 Å². The van der Waals surface area contributed by atoms with Gasteiger partial charge in [-0.05, 0) is 30.2 Å². The second-order valence-electron chi connectivity index (χ2n) is 5.82. The molecule has 0 unspecified atom stereocenters. The zero-order valence-electron chi connectivity index (χ0n) is 14.1. The van der Waals surface area contributed by atoms with E-state index < -0.39 is 6.04 Å². The van der Waals surface area contributed by atoms with E-state index in [0.717, 1.165) is 4.47 Å². The zero-order valence-corrected chi connectivity index (χ0v) is 15.7. The number of hydrogen-bond acceptors (Lipinski definition) is 7. The summed E-state index contributed by atoms with van der Waals surface area (Å²) in [5, 5.41) is 13.1. The van der Waals surface area contributed by atoms with Crippen molar-refractivity contribution < 1.29 is 14.1 Å². The Hall–Kier alpha value is -2.75. The van der Waals surface area contributed by atoms with Crippen LogP contribution in [0.4, 0.5) is 0 Å². The fraction of sp³-hybridized carbons (Fsp3) is 0.312. The molecule has 1 aromatic carbocycles. The van der Waals surface area contributed by atoms with Crippen LogP contribution in [0.2, 0.25) is 0 Å². The van der Waals surface area contributed by atoms with E-state index >= 15 is 0 Å². The molecule has 0 fully saturated rings. The van der Waals surface area contributed by atoms with E-state index in [9.17, 15) is 4.79 Å². The molecule has 1 amide bonds. The van der Waals surface area contributed by atoms with E-state index in [1.807, 2.05) is 26.0 Å². The van der Waals surface area contributed by atoms with E-state index in [2.05, 4.69) is 46.6 Å². The van der Waals surface area contributed by atoms with E-state index in [0.29, 0.717) is 17.5 Å². The van der Waals surface area contributed by atoms with Crippen molar-refractivity contribution >= 4 is 21.8 Å². The van der Waals surface area contributed by atoms with Gasteiger partial charge in [0.2, 0.25) is 11.7 Å². The first-order valence-corrected chi connectivity index (χ1v) is 8.69. The van der Waals surface area contributed by atoms with Crippen LogP contribution in [0.25, 0.3) is 11.6 Å². The van der Waals surface area contributed by atoms with Crippen LogP contribution in [0.15, 0.2) is 39.6 Å². The Morgan fingerprint density at radius 1 is 1.35 bits per heavy atom. The van der Waals surface area contributed by atoms with Crippen molar-refractivity contribution in [3.05, 3.63) is 41.0 Å². The molecule has 1 atom stereocenters. The summed E-state index contributed by atoms with van der Waals surface area (Å²) in [6, 6.07) is 6.79. The molecule has 0 spiro atoms. The van der Waals surface area contributed by atoms with Crippen molar-refractivity contribution in [2.24, 2.45) is 5.92 Å². The van der Waals surface area contributed by atoms with E-state index in [4.69, 9.17) is 9.26 Å². The number of aromatic nitrogens is 5. The first kappa shape index (κ1) is 18.1. The molecule has 2 aromatic heterocycles. The molecule has 0 bridgehead atoms. The zero-order chi connectivity index (χ0) is 18.5. The van der Waals surface area contributed by atoms with Gasteiger partial charge in [-0.25, -0.2) is 4.98 Å². The Bertz CT molecular complexity index is 847. The molecule has 3 rings (SSSR count). The van der Waals surface area contributed by atoms with Crippen LogP contribution in [0, 0.1) is 5.92 Å². The molecule has 0 aliphatic heterocycles. The van der Waals surface area contributed by atoms with Gasteiger partial charge in [-0.2, -0.15) is 10.1 Å². The first-order chi connectivity index (χ1) is 12.5. The highest BCUT2D eigenvalue weighted by atomic mass is 79.9. The monoisotopic (exact) mass is 420 g/mol. The van der Waals surface area contributed by atoms with Crippen molar-refractivity contribution in [2.45, 2.75) is 19.9 Å². The van der Waals surface area contributed by atoms with Crippen LogP contribution in [-0.2, 0) is 4.79 Å². The summed E-state index contributed by atoms with van der Waals surface area (Å²) in [6.45, 7) is 3.77. The Morgan fingerprint density at radius 2 is 2.12 bits per heavy atom. The number of benzene rings is 1. The molecular formula is C16H17BrN6O3. The number of carbonyl (C=O) groups is 1. The summed E-state index contributed by atoms with van der Waals surface area (Å²) in [5.74, 6) is 1.33. The number of hydrogen-bond donors (Lipinski definition) is 2. The molecule has 0 saturated heterocycles. The Morgan fingerprint density at radius 3 is 2.77 bits per heavy atom. The van der Waals surface area contributed by atoms with Crippen LogP contribution in [0.3, 0.4) is 0 Å². The second-order valence-corrected chi connectivity index (χ2v) is 6.74. The summed E-state index contributed by atoms with van der Waals surface area (Å²) in [7, 11) is 0. The Labute approximate surface area is 157 Å². The quantitative estimate of drug-likeness (QED) is 0.602. The molecule has 26 heavy (non-hydrogen) atoms. The van der Waals surface area contributed by atoms with Crippen LogP contribution in [-0.4, -0.2) is 37.8 Å². The molecule has 0 aliphatic carbocycles. The molecule has 0 aliphatic rings. The lowest BCUT2D eigenvalue weighted by molar-refractivity contribution is -0.124. The first-order valence-electron chi connectivity index (χ1n) is 7.90. The van der Waals surface area contributed by atoms with Gasteiger partial charge in [0.05, 0.1) is 0 Å². The summed E-state index contributed by atoms with van der Waals surface area (Å²) < 4.78 is 11.7. The van der Waals surface area contributed by atoms with E-state index in [1.54, 1.807) is 12.1 Å². The van der Waals surface area contributed by atoms with Gasteiger partial charge in [0, 0.05) is 4.47 Å². The highest BCUT2D eigenvalue weighted by Gasteiger charge is 2.25. The predicted octanol–water partition coefficient (Wildman–Crippen LogP) is 2.51. The fourth-order valence-electron chi connectivity index (χ4n) is 2.18. The average molecular weight is 421 g/mol. The molecule has 10 heteroatoms. The summed E-state index contributed by atoms with van der Waals surface area (Å²) in [6.07, 6.45) is 1.35. The van der Waals surface area contributed by atoms with Crippen LogP contribution in [0.1, 0.15) is 25.8 Å². The number of rotatable bonds is 7. The van der Waals surface area contributed by atoms with Gasteiger partial charge < -0.3 is 14.6 Å². The number of ether oxygens (including phenoxy) is 1. The smallest absolute Gasteiger partial charge is 0.258 e. The third-order valence-electron chi connectivity index (χ3n) is 3.50. The minimum absolute atomic E-state index is 0.0367. The number of nitrogens with one attached hydrogen (secondary N) is 2. The fourth-order valence-corrected chi connectivity index (χ4v) is 2.44. The van der Waals surface area contributed by atoms with Crippen LogP contribution >= 0.6 is 15.9 Å². The SMILES string of the molecule is CC(C)[C@H](NC(=O)COc1ccc(Br)cc1)c1nc(-c2ncn[nH]2)no1. The lowest BCUT2D eigenvalue weighted by Crippen LogP contribution is -2.35. The second kappa shape index (κ2) is 8.09. The third-order valence-corrected chi connectivity index (χ3v) is 4.03. The molecule has 0 radical (unpaired) electrons. The van der Waals surface area contributed by atoms with Crippen LogP contribution in [0.5, 0.6) is 5.75 Å². The van der Waals surface area contributed by atoms with Crippen molar-refractivity contribution in [1.82, 2.24) is 30.6 Å². The average Bonchev–Trinajstić information content (AvgIpc) is 3.30. The largest absolute Gasteiger partial charge is 0.484 e. The Balaban J connectivity index is 1.63. The number of halogens is 1. The highest BCUT2D eigenvalue weighted by molar-refractivity contribution is 9.10. The maximum absolute atomic E-state index is 12.2. The minimum Gasteiger partial charge on any atom is -0.484 e. The van der Waals surface area contributed by atoms with Gasteiger partial charge in [0.25, 0.3) is 5.91 Å². The third kappa shape index (κ3) is 4.45. The molecule has 2 heterocycles. The van der Waals surface area contributed by atoms with Gasteiger partial charge in [0.1, 0.15) is 18.1 Å². The number of carbonyl (C=O) groups excluding carboxylic acids is 1. The number of H-pyrrole nitrogens is 1.